The first kappa shape index (κ1) is 53.1. The first-order valence-corrected chi connectivity index (χ1v) is 26.7. The molecule has 79 heavy (non-hydrogen) atoms. The number of likely N-dealkylation sites (tertiary alicyclic amines) is 1. The van der Waals surface area contributed by atoms with Crippen LogP contribution in [0.2, 0.25) is 0 Å². The molecule has 0 aliphatic carbocycles. The molecule has 6 aliphatic rings. The molecular formula is C57H62F2N10O10. The van der Waals surface area contributed by atoms with Crippen molar-refractivity contribution in [3.05, 3.63) is 77.0 Å². The van der Waals surface area contributed by atoms with Gasteiger partial charge in [-0.3, -0.25) is 34.5 Å². The van der Waals surface area contributed by atoms with Gasteiger partial charge in [-0.15, -0.1) is 6.42 Å². The van der Waals surface area contributed by atoms with Crippen LogP contribution in [0.25, 0.3) is 32.9 Å². The molecule has 6 aliphatic heterocycles. The number of nitrogens with zero attached hydrogens (tertiary/aromatic N) is 9. The monoisotopic (exact) mass is 1080 g/mol. The van der Waals surface area contributed by atoms with Crippen LogP contribution < -0.4 is 24.6 Å². The van der Waals surface area contributed by atoms with E-state index in [1.807, 2.05) is 44.9 Å². The number of piperidine rings is 1. The second kappa shape index (κ2) is 21.4. The van der Waals surface area contributed by atoms with E-state index in [2.05, 4.69) is 26.0 Å². The Bertz CT molecular complexity index is 3310. The third kappa shape index (κ3) is 10.4. The van der Waals surface area contributed by atoms with Crippen LogP contribution in [-0.2, 0) is 30.3 Å². The number of aromatic nitrogens is 3. The van der Waals surface area contributed by atoms with Gasteiger partial charge < -0.3 is 43.3 Å². The van der Waals surface area contributed by atoms with Crippen molar-refractivity contribution in [1.29, 1.82) is 0 Å². The molecule has 0 spiro atoms. The molecule has 8 heterocycles. The van der Waals surface area contributed by atoms with Crippen LogP contribution in [0.1, 0.15) is 80.8 Å². The van der Waals surface area contributed by atoms with Gasteiger partial charge in [-0.1, -0.05) is 12.0 Å². The van der Waals surface area contributed by atoms with Gasteiger partial charge in [0.05, 0.1) is 23.0 Å². The van der Waals surface area contributed by atoms with Crippen molar-refractivity contribution in [1.82, 2.24) is 39.9 Å². The number of hydrogen-bond acceptors (Lipinski definition) is 16. The maximum atomic E-state index is 17.6. The van der Waals surface area contributed by atoms with E-state index in [1.54, 1.807) is 28.0 Å². The van der Waals surface area contributed by atoms with Gasteiger partial charge in [-0.05, 0) is 107 Å². The zero-order chi connectivity index (χ0) is 55.4. The molecule has 20 nitrogen and oxygen atoms in total. The molecule has 3 aromatic carbocycles. The molecule has 5 amide bonds. The Morgan fingerprint density at radius 2 is 1.61 bits per heavy atom. The Hall–Kier alpha value is -7.90. The fraction of sp³-hybridized carbons (Fsp3) is 0.474. The van der Waals surface area contributed by atoms with Crippen molar-refractivity contribution in [2.24, 2.45) is 0 Å². The summed E-state index contributed by atoms with van der Waals surface area (Å²) in [7, 11) is 3.41. The Morgan fingerprint density at radius 3 is 2.32 bits per heavy atom. The standard InChI is InChI=1S/C57H62F2N10O10/c1-7-40-44(58)15-8-32-23-39(78-31-75-6)24-42(47(32)40)49-48(59)50-43(25-60-49)51(67-27-35-9-10-36(28-67)69(35)56(74)79-57(2,3)4)63-54(62-50)76-29-37-11-12-38(64(37)5)30-77-55(73)66-20-18-65(19-21-66)34-13-14-41-33(22-34)26-68(53(41)72)45-16-17-46(70)61-52(45)71/h1,8,13-15,22-25,35-38,45H,9-12,16-21,26-31H2,2-6H3,(H,61,70,71)/t35?,36?,37-,38-,45?/m0/s1. The van der Waals surface area contributed by atoms with E-state index in [0.717, 1.165) is 24.1 Å². The van der Waals surface area contributed by atoms with E-state index in [-0.39, 0.29) is 109 Å². The summed E-state index contributed by atoms with van der Waals surface area (Å²) >= 11 is 0. The molecule has 1 N–H and O–H groups in total. The van der Waals surface area contributed by atoms with Crippen LogP contribution in [0.5, 0.6) is 11.8 Å². The molecule has 0 saturated carbocycles. The zero-order valence-corrected chi connectivity index (χ0v) is 44.8. The Morgan fingerprint density at radius 1 is 0.861 bits per heavy atom. The van der Waals surface area contributed by atoms with E-state index in [0.29, 0.717) is 86.4 Å². The number of hydrogen-bond donors (Lipinski definition) is 1. The number of methoxy groups -OCH3 is 1. The number of anilines is 2. The summed E-state index contributed by atoms with van der Waals surface area (Å²) in [5.74, 6) is 0.635. The SMILES string of the molecule is C#Cc1c(F)ccc2cc(OCOC)cc(-c3ncc4c(N5CC6CCC(C5)N6C(=O)OC(C)(C)C)nc(OC[C@@H]5CC[C@@H](COC(=O)N6CCN(c7ccc8c(c7)CN(C7CCC(=O)NC7=O)C8=O)CC6)N5C)nc4c3F)c12. The maximum Gasteiger partial charge on any atom is 0.410 e. The molecular weight excluding hydrogens is 1020 g/mol. The molecule has 5 atom stereocenters. The number of benzene rings is 3. The molecule has 5 fully saturated rings. The minimum absolute atomic E-state index is 0.0677. The summed E-state index contributed by atoms with van der Waals surface area (Å²) in [4.78, 5) is 90.0. The lowest BCUT2D eigenvalue weighted by Crippen LogP contribution is -2.57. The molecule has 3 unspecified atom stereocenters. The minimum atomic E-state index is -0.818. The van der Waals surface area contributed by atoms with E-state index in [4.69, 9.17) is 40.1 Å². The van der Waals surface area contributed by atoms with Gasteiger partial charge in [0, 0.05) is 99.8 Å². The van der Waals surface area contributed by atoms with Gasteiger partial charge in [-0.25, -0.2) is 18.4 Å². The minimum Gasteiger partial charge on any atom is -0.468 e. The number of likely N-dealkylation sites (N-methyl/N-ethyl adjacent to an activating group) is 1. The van der Waals surface area contributed by atoms with Crippen molar-refractivity contribution < 1.29 is 56.4 Å². The van der Waals surface area contributed by atoms with Gasteiger partial charge >= 0.3 is 18.2 Å². The number of terminal acetylenes is 1. The van der Waals surface area contributed by atoms with Gasteiger partial charge in [-0.2, -0.15) is 9.97 Å². The smallest absolute Gasteiger partial charge is 0.410 e. The predicted molar refractivity (Wildman–Crippen MR) is 285 cm³/mol. The first-order chi connectivity index (χ1) is 38.0. The summed E-state index contributed by atoms with van der Waals surface area (Å²) in [5, 5.41) is 3.41. The largest absolute Gasteiger partial charge is 0.468 e. The van der Waals surface area contributed by atoms with Crippen molar-refractivity contribution in [2.45, 2.75) is 102 Å². The Labute approximate surface area is 455 Å². The average Bonchev–Trinajstić information content (AvgIpc) is 4.26. The highest BCUT2D eigenvalue weighted by Gasteiger charge is 2.46. The van der Waals surface area contributed by atoms with Gasteiger partial charge in [0.25, 0.3) is 5.91 Å². The normalized spacial score (nSPS) is 22.4. The van der Waals surface area contributed by atoms with E-state index in [1.165, 1.54) is 30.3 Å². The Kier molecular flexibility index (Phi) is 14.4. The number of halogens is 2. The first-order valence-electron chi connectivity index (χ1n) is 26.7. The van der Waals surface area contributed by atoms with Crippen LogP contribution in [0.4, 0.5) is 29.9 Å². The van der Waals surface area contributed by atoms with Crippen molar-refractivity contribution in [3.8, 4) is 35.4 Å². The van der Waals surface area contributed by atoms with E-state index in [9.17, 15) is 24.0 Å². The lowest BCUT2D eigenvalue weighted by atomic mass is 9.95. The average molecular weight is 1090 g/mol. The zero-order valence-electron chi connectivity index (χ0n) is 44.8. The summed E-state index contributed by atoms with van der Waals surface area (Å²) in [6.07, 6.45) is 9.94. The molecule has 2 aromatic heterocycles. The van der Waals surface area contributed by atoms with Crippen LogP contribution in [0, 0.1) is 24.0 Å². The fourth-order valence-corrected chi connectivity index (χ4v) is 12.0. The van der Waals surface area contributed by atoms with E-state index < -0.39 is 35.3 Å². The second-order valence-electron chi connectivity index (χ2n) is 22.0. The van der Waals surface area contributed by atoms with Crippen LogP contribution in [-0.4, -0.2) is 174 Å². The molecule has 2 bridgehead atoms. The van der Waals surface area contributed by atoms with Crippen molar-refractivity contribution >= 4 is 63.1 Å². The number of rotatable bonds is 12. The van der Waals surface area contributed by atoms with Crippen LogP contribution in [0.3, 0.4) is 0 Å². The fourth-order valence-electron chi connectivity index (χ4n) is 12.0. The lowest BCUT2D eigenvalue weighted by molar-refractivity contribution is -0.136. The summed E-state index contributed by atoms with van der Waals surface area (Å²) < 4.78 is 62.0. The second-order valence-corrected chi connectivity index (χ2v) is 22.0. The summed E-state index contributed by atoms with van der Waals surface area (Å²) in [6, 6.07) is 10.2. The molecule has 5 aromatic rings. The third-order valence-corrected chi connectivity index (χ3v) is 16.0. The van der Waals surface area contributed by atoms with Gasteiger partial charge in [0.1, 0.15) is 53.5 Å². The number of nitrogens with one attached hydrogen (secondary N) is 1. The highest BCUT2D eigenvalue weighted by atomic mass is 19.1. The van der Waals surface area contributed by atoms with E-state index >= 15 is 8.78 Å². The predicted octanol–water partition coefficient (Wildman–Crippen LogP) is 6.24. The summed E-state index contributed by atoms with van der Waals surface area (Å²) in [5.41, 5.74) is 1.46. The van der Waals surface area contributed by atoms with Crippen molar-refractivity contribution in [2.75, 3.05) is 83.2 Å². The number of carbonyl (C=O) groups is 5. The molecule has 414 valence electrons. The van der Waals surface area contributed by atoms with Gasteiger partial charge in [0.15, 0.2) is 12.6 Å². The lowest BCUT2D eigenvalue weighted by Gasteiger charge is -2.42. The molecule has 11 rings (SSSR count). The quantitative estimate of drug-likeness (QED) is 0.0836. The van der Waals surface area contributed by atoms with Gasteiger partial charge in [0.2, 0.25) is 11.8 Å². The third-order valence-electron chi connectivity index (χ3n) is 16.0. The number of fused-ring (bicyclic) bond motifs is 5. The highest BCUT2D eigenvalue weighted by Crippen LogP contribution is 2.41. The van der Waals surface area contributed by atoms with Crippen molar-refractivity contribution in [3.63, 3.8) is 0 Å². The summed E-state index contributed by atoms with van der Waals surface area (Å²) in [6.45, 7) is 8.67. The van der Waals surface area contributed by atoms with Crippen LogP contribution >= 0.6 is 0 Å². The number of amides is 5. The molecule has 0 radical (unpaired) electrons. The molecule has 5 saturated heterocycles. The molecule has 22 heteroatoms. The van der Waals surface area contributed by atoms with Crippen LogP contribution in [0.15, 0.2) is 48.7 Å². The number of imide groups is 1. The number of piperazine rings is 2. The maximum absolute atomic E-state index is 17.6. The number of ether oxygens (including phenoxy) is 5. The number of carbonyl (C=O) groups excluding carboxylic acids is 5. The number of pyridine rings is 1. The topological polar surface area (TPSA) is 202 Å². The highest BCUT2D eigenvalue weighted by molar-refractivity contribution is 6.06. The Balaban J connectivity index is 0.777.